The number of hydrogen-bond acceptors (Lipinski definition) is 5. The summed E-state index contributed by atoms with van der Waals surface area (Å²) in [4.78, 5) is 22.5. The molecule has 7 nitrogen and oxygen atoms in total. The van der Waals surface area contributed by atoms with Crippen LogP contribution in [0, 0.1) is 10.1 Å². The van der Waals surface area contributed by atoms with Gasteiger partial charge < -0.3 is 15.4 Å². The van der Waals surface area contributed by atoms with E-state index in [0.29, 0.717) is 6.54 Å². The number of nitrogens with zero attached hydrogens (tertiary/aromatic N) is 1. The van der Waals surface area contributed by atoms with Crippen molar-refractivity contribution in [3.05, 3.63) is 33.9 Å². The van der Waals surface area contributed by atoms with Crippen molar-refractivity contribution < 1.29 is 14.5 Å². The van der Waals surface area contributed by atoms with E-state index in [1.54, 1.807) is 0 Å². The number of benzene rings is 1. The number of nitro benzene ring substituents is 1. The standard InChI is InChI=1S/C13H17N3O4/c1-20-12-10(5-2-6-11(12)16(18)19)13(17)15-8-9-4-3-7-14-9/h2,5-6,9,14H,3-4,7-8H2,1H3,(H,15,17). The number of para-hydroxylation sites is 1. The van der Waals surface area contributed by atoms with Crippen molar-refractivity contribution in [3.8, 4) is 5.75 Å². The van der Waals surface area contributed by atoms with E-state index in [2.05, 4.69) is 10.6 Å². The van der Waals surface area contributed by atoms with E-state index in [1.165, 1.54) is 25.3 Å². The summed E-state index contributed by atoms with van der Waals surface area (Å²) >= 11 is 0. The first-order chi connectivity index (χ1) is 9.63. The van der Waals surface area contributed by atoms with Crippen molar-refractivity contribution in [2.24, 2.45) is 0 Å². The van der Waals surface area contributed by atoms with Crippen molar-refractivity contribution in [2.45, 2.75) is 18.9 Å². The third-order valence-electron chi connectivity index (χ3n) is 3.31. The molecule has 2 rings (SSSR count). The zero-order chi connectivity index (χ0) is 14.5. The molecule has 0 radical (unpaired) electrons. The van der Waals surface area contributed by atoms with Gasteiger partial charge in [-0.1, -0.05) is 6.07 Å². The Labute approximate surface area is 116 Å². The zero-order valence-corrected chi connectivity index (χ0v) is 11.2. The van der Waals surface area contributed by atoms with E-state index in [9.17, 15) is 14.9 Å². The number of nitro groups is 1. The summed E-state index contributed by atoms with van der Waals surface area (Å²) in [7, 11) is 1.32. The molecule has 1 aliphatic rings. The number of hydrogen-bond donors (Lipinski definition) is 2. The average molecular weight is 279 g/mol. The number of amides is 1. The van der Waals surface area contributed by atoms with Gasteiger partial charge >= 0.3 is 5.69 Å². The van der Waals surface area contributed by atoms with E-state index >= 15 is 0 Å². The van der Waals surface area contributed by atoms with Crippen molar-refractivity contribution in [1.29, 1.82) is 0 Å². The minimum atomic E-state index is -0.561. The van der Waals surface area contributed by atoms with Gasteiger partial charge in [-0.2, -0.15) is 0 Å². The Morgan fingerprint density at radius 1 is 1.60 bits per heavy atom. The molecule has 1 aromatic rings. The minimum Gasteiger partial charge on any atom is -0.490 e. The second-order valence-corrected chi connectivity index (χ2v) is 4.62. The fourth-order valence-electron chi connectivity index (χ4n) is 2.30. The molecule has 0 saturated carbocycles. The van der Waals surface area contributed by atoms with Crippen molar-refractivity contribution >= 4 is 11.6 Å². The van der Waals surface area contributed by atoms with Crippen LogP contribution in [0.2, 0.25) is 0 Å². The van der Waals surface area contributed by atoms with Gasteiger partial charge in [0.05, 0.1) is 17.6 Å². The predicted molar refractivity (Wildman–Crippen MR) is 73.0 cm³/mol. The van der Waals surface area contributed by atoms with Crippen molar-refractivity contribution in [3.63, 3.8) is 0 Å². The SMILES string of the molecule is COc1c(C(=O)NCC2CCCN2)cccc1[N+](=O)[O-]. The van der Waals surface area contributed by atoms with Gasteiger partial charge in [-0.25, -0.2) is 0 Å². The Morgan fingerprint density at radius 3 is 3.00 bits per heavy atom. The number of rotatable bonds is 5. The van der Waals surface area contributed by atoms with Crippen LogP contribution < -0.4 is 15.4 Å². The van der Waals surface area contributed by atoms with Crippen molar-refractivity contribution in [2.75, 3.05) is 20.2 Å². The van der Waals surface area contributed by atoms with Gasteiger partial charge in [-0.05, 0) is 25.5 Å². The first kappa shape index (κ1) is 14.3. The quantitative estimate of drug-likeness (QED) is 0.621. The van der Waals surface area contributed by atoms with Crippen LogP contribution in [0.25, 0.3) is 0 Å². The molecule has 0 aliphatic carbocycles. The fourth-order valence-corrected chi connectivity index (χ4v) is 2.30. The van der Waals surface area contributed by atoms with Gasteiger partial charge in [0, 0.05) is 18.7 Å². The van der Waals surface area contributed by atoms with E-state index in [0.717, 1.165) is 19.4 Å². The number of nitrogens with one attached hydrogen (secondary N) is 2. The van der Waals surface area contributed by atoms with Gasteiger partial charge in [-0.3, -0.25) is 14.9 Å². The highest BCUT2D eigenvalue weighted by Gasteiger charge is 2.23. The highest BCUT2D eigenvalue weighted by Crippen LogP contribution is 2.30. The Bertz CT molecular complexity index is 512. The molecule has 1 heterocycles. The molecule has 7 heteroatoms. The lowest BCUT2D eigenvalue weighted by atomic mass is 10.1. The fraction of sp³-hybridized carbons (Fsp3) is 0.462. The van der Waals surface area contributed by atoms with Gasteiger partial charge in [0.25, 0.3) is 5.91 Å². The van der Waals surface area contributed by atoms with Crippen LogP contribution in [0.15, 0.2) is 18.2 Å². The van der Waals surface area contributed by atoms with Crippen LogP contribution in [0.5, 0.6) is 5.75 Å². The van der Waals surface area contributed by atoms with Crippen LogP contribution in [-0.2, 0) is 0 Å². The van der Waals surface area contributed by atoms with E-state index in [1.807, 2.05) is 0 Å². The minimum absolute atomic E-state index is 0.00520. The highest BCUT2D eigenvalue weighted by molar-refractivity contribution is 5.98. The molecule has 1 aromatic carbocycles. The molecular weight excluding hydrogens is 262 g/mol. The molecule has 20 heavy (non-hydrogen) atoms. The third kappa shape index (κ3) is 3.05. The van der Waals surface area contributed by atoms with E-state index < -0.39 is 4.92 Å². The van der Waals surface area contributed by atoms with E-state index in [4.69, 9.17) is 4.74 Å². The van der Waals surface area contributed by atoms with Crippen LogP contribution in [-0.4, -0.2) is 37.1 Å². The summed E-state index contributed by atoms with van der Waals surface area (Å²) in [6.45, 7) is 1.46. The molecule has 1 amide bonds. The Morgan fingerprint density at radius 2 is 2.40 bits per heavy atom. The second kappa shape index (κ2) is 6.33. The van der Waals surface area contributed by atoms with Gasteiger partial charge in [0.1, 0.15) is 0 Å². The van der Waals surface area contributed by atoms with Crippen molar-refractivity contribution in [1.82, 2.24) is 10.6 Å². The maximum absolute atomic E-state index is 12.1. The number of ether oxygens (including phenoxy) is 1. The van der Waals surface area contributed by atoms with Crippen LogP contribution >= 0.6 is 0 Å². The Kier molecular flexibility index (Phi) is 4.52. The molecule has 2 N–H and O–H groups in total. The molecule has 1 unspecified atom stereocenters. The lowest BCUT2D eigenvalue weighted by Crippen LogP contribution is -2.37. The lowest BCUT2D eigenvalue weighted by molar-refractivity contribution is -0.385. The van der Waals surface area contributed by atoms with Crippen LogP contribution in [0.1, 0.15) is 23.2 Å². The highest BCUT2D eigenvalue weighted by atomic mass is 16.6. The molecule has 108 valence electrons. The average Bonchev–Trinajstić information content (AvgIpc) is 2.97. The van der Waals surface area contributed by atoms with Crippen LogP contribution in [0.4, 0.5) is 5.69 Å². The maximum Gasteiger partial charge on any atom is 0.311 e. The normalized spacial score (nSPS) is 17.8. The van der Waals surface area contributed by atoms with E-state index in [-0.39, 0.29) is 28.9 Å². The Balaban J connectivity index is 2.12. The van der Waals surface area contributed by atoms with Gasteiger partial charge in [-0.15, -0.1) is 0 Å². The summed E-state index contributed by atoms with van der Waals surface area (Å²) in [5.74, 6) is -0.367. The molecule has 1 atom stereocenters. The maximum atomic E-state index is 12.1. The molecule has 1 fully saturated rings. The Hall–Kier alpha value is -2.15. The monoisotopic (exact) mass is 279 g/mol. The van der Waals surface area contributed by atoms with Gasteiger partial charge in [0.2, 0.25) is 5.75 Å². The third-order valence-corrected chi connectivity index (χ3v) is 3.31. The molecule has 0 aromatic heterocycles. The number of carbonyl (C=O) groups excluding carboxylic acids is 1. The summed E-state index contributed by atoms with van der Waals surface area (Å²) in [6, 6.07) is 4.57. The first-order valence-corrected chi connectivity index (χ1v) is 6.46. The first-order valence-electron chi connectivity index (χ1n) is 6.46. The summed E-state index contributed by atoms with van der Waals surface area (Å²) < 4.78 is 5.01. The summed E-state index contributed by atoms with van der Waals surface area (Å²) in [5, 5.41) is 17.0. The zero-order valence-electron chi connectivity index (χ0n) is 11.2. The topological polar surface area (TPSA) is 93.5 Å². The second-order valence-electron chi connectivity index (χ2n) is 4.62. The van der Waals surface area contributed by atoms with Crippen LogP contribution in [0.3, 0.4) is 0 Å². The summed E-state index contributed by atoms with van der Waals surface area (Å²) in [6.07, 6.45) is 2.12. The van der Waals surface area contributed by atoms with Gasteiger partial charge in [0.15, 0.2) is 0 Å². The number of carbonyl (C=O) groups is 1. The largest absolute Gasteiger partial charge is 0.490 e. The molecular formula is C13H17N3O4. The molecule has 0 spiro atoms. The lowest BCUT2D eigenvalue weighted by Gasteiger charge is -2.13. The molecule has 1 saturated heterocycles. The smallest absolute Gasteiger partial charge is 0.311 e. The molecule has 1 aliphatic heterocycles. The molecule has 0 bridgehead atoms. The summed E-state index contributed by atoms with van der Waals surface area (Å²) in [5.41, 5.74) is -0.0289. The predicted octanol–water partition coefficient (Wildman–Crippen LogP) is 1.09. The number of methoxy groups -OCH3 is 1.